The topological polar surface area (TPSA) is 95.8 Å². The zero-order valence-electron chi connectivity index (χ0n) is 18.6. The van der Waals surface area contributed by atoms with E-state index >= 15 is 0 Å². The van der Waals surface area contributed by atoms with E-state index in [1.54, 1.807) is 36.1 Å². The molecule has 34 heavy (non-hydrogen) atoms. The third kappa shape index (κ3) is 4.76. The van der Waals surface area contributed by atoms with Crippen molar-refractivity contribution < 1.29 is 49.0 Å². The van der Waals surface area contributed by atoms with Gasteiger partial charge in [0.1, 0.15) is 5.75 Å². The maximum Gasteiger partial charge on any atom is 1.00 e. The summed E-state index contributed by atoms with van der Waals surface area (Å²) in [5.74, 6) is -0.662. The van der Waals surface area contributed by atoms with Crippen LogP contribution in [0.3, 0.4) is 0 Å². The smallest absolute Gasteiger partial charge is 0.548 e. The first-order chi connectivity index (χ1) is 16.0. The zero-order chi connectivity index (χ0) is 22.9. The van der Waals surface area contributed by atoms with Crippen molar-refractivity contribution in [2.45, 2.75) is 6.54 Å². The molecule has 0 radical (unpaired) electrons. The van der Waals surface area contributed by atoms with Crippen molar-refractivity contribution in [3.05, 3.63) is 77.3 Å². The van der Waals surface area contributed by atoms with Crippen LogP contribution in [0.1, 0.15) is 5.56 Å². The molecule has 7 nitrogen and oxygen atoms in total. The van der Waals surface area contributed by atoms with Crippen LogP contribution >= 0.6 is 11.8 Å². The Balaban J connectivity index is 0.00000274. The molecule has 2 heterocycles. The van der Waals surface area contributed by atoms with E-state index in [-0.39, 0.29) is 42.0 Å². The molecule has 164 valence electrons. The number of carboxylic acid groups (broad SMARTS) is 1. The van der Waals surface area contributed by atoms with Gasteiger partial charge in [-0.05, 0) is 47.5 Å². The van der Waals surface area contributed by atoms with Crippen LogP contribution in [-0.2, 0) is 16.1 Å². The summed E-state index contributed by atoms with van der Waals surface area (Å²) in [6.45, 7) is -0.213. The van der Waals surface area contributed by atoms with Crippen molar-refractivity contribution in [1.29, 1.82) is 0 Å². The fraction of sp³-hybridized carbons (Fsp3) is 0.0800. The van der Waals surface area contributed by atoms with Gasteiger partial charge in [0.05, 0.1) is 30.2 Å². The zero-order valence-corrected chi connectivity index (χ0v) is 21.4. The Labute approximate surface area is 221 Å². The Hall–Kier alpha value is -3.04. The Morgan fingerprint density at radius 1 is 1.15 bits per heavy atom. The molecule has 0 aliphatic carbocycles. The van der Waals surface area contributed by atoms with E-state index in [1.165, 1.54) is 11.8 Å². The molecule has 1 amide bonds. The molecular weight excluding hydrogens is 461 g/mol. The molecule has 0 saturated carbocycles. The van der Waals surface area contributed by atoms with Gasteiger partial charge in [0, 0.05) is 28.0 Å². The first-order valence-electron chi connectivity index (χ1n) is 10.2. The number of methoxy groups -OCH3 is 1. The van der Waals surface area contributed by atoms with E-state index in [0.29, 0.717) is 21.5 Å². The summed E-state index contributed by atoms with van der Waals surface area (Å²) in [7, 11) is 1.62. The van der Waals surface area contributed by atoms with Crippen LogP contribution in [-0.4, -0.2) is 28.7 Å². The quantitative estimate of drug-likeness (QED) is 0.331. The number of aliphatic carboxylic acids is 1. The van der Waals surface area contributed by atoms with Gasteiger partial charge in [-0.3, -0.25) is 4.79 Å². The number of benzene rings is 3. The van der Waals surface area contributed by atoms with Crippen molar-refractivity contribution in [1.82, 2.24) is 9.88 Å². The van der Waals surface area contributed by atoms with Gasteiger partial charge >= 0.3 is 29.6 Å². The van der Waals surface area contributed by atoms with Crippen LogP contribution < -0.4 is 44.7 Å². The SMILES string of the molecule is COc1c(C=C2SC(=Nc3ccc4c(ccn4CC(=O)[O-])c3)NC2=O)ccc2ccccc12.[Na+]. The largest absolute Gasteiger partial charge is 1.00 e. The van der Waals surface area contributed by atoms with Crippen molar-refractivity contribution in [3.63, 3.8) is 0 Å². The number of ether oxygens (including phenoxy) is 1. The first kappa shape index (κ1) is 24.1. The predicted molar refractivity (Wildman–Crippen MR) is 128 cm³/mol. The third-order valence-corrected chi connectivity index (χ3v) is 6.25. The van der Waals surface area contributed by atoms with E-state index < -0.39 is 5.97 Å². The number of fused-ring (bicyclic) bond motifs is 2. The molecule has 0 spiro atoms. The van der Waals surface area contributed by atoms with Crippen LogP contribution in [0, 0.1) is 0 Å². The second-order valence-corrected chi connectivity index (χ2v) is 8.48. The Kier molecular flexibility index (Phi) is 7.13. The average molecular weight is 479 g/mol. The minimum Gasteiger partial charge on any atom is -0.548 e. The number of aromatic nitrogens is 1. The molecule has 1 fully saturated rings. The number of carboxylic acids is 1. The first-order valence-corrected chi connectivity index (χ1v) is 11.0. The second-order valence-electron chi connectivity index (χ2n) is 7.45. The number of hydrogen-bond donors (Lipinski definition) is 1. The minimum atomic E-state index is -1.15. The van der Waals surface area contributed by atoms with E-state index in [2.05, 4.69) is 10.3 Å². The summed E-state index contributed by atoms with van der Waals surface area (Å²) in [4.78, 5) is 28.5. The van der Waals surface area contributed by atoms with Gasteiger partial charge in [-0.1, -0.05) is 36.4 Å². The number of aliphatic imine (C=N–C) groups is 1. The number of rotatable bonds is 5. The van der Waals surface area contributed by atoms with Crippen molar-refractivity contribution in [3.8, 4) is 5.75 Å². The monoisotopic (exact) mass is 479 g/mol. The Bertz CT molecular complexity index is 1490. The number of nitrogens with one attached hydrogen (secondary N) is 1. The van der Waals surface area contributed by atoms with E-state index in [9.17, 15) is 14.7 Å². The minimum absolute atomic E-state index is 0. The summed E-state index contributed by atoms with van der Waals surface area (Å²) in [5.41, 5.74) is 2.24. The van der Waals surface area contributed by atoms with Gasteiger partial charge in [0.2, 0.25) is 0 Å². The summed E-state index contributed by atoms with van der Waals surface area (Å²) < 4.78 is 7.24. The van der Waals surface area contributed by atoms with Gasteiger partial charge < -0.3 is 24.5 Å². The number of amidine groups is 1. The van der Waals surface area contributed by atoms with Gasteiger partial charge in [-0.25, -0.2) is 4.99 Å². The fourth-order valence-electron chi connectivity index (χ4n) is 3.87. The number of thioether (sulfide) groups is 1. The van der Waals surface area contributed by atoms with Gasteiger partial charge in [0.15, 0.2) is 5.17 Å². The molecule has 1 aliphatic rings. The molecule has 0 atom stereocenters. The van der Waals surface area contributed by atoms with Crippen LogP contribution in [0.5, 0.6) is 5.75 Å². The number of carbonyl (C=O) groups excluding carboxylic acids is 2. The molecule has 3 aromatic carbocycles. The molecular formula is C25H18N3NaO4S. The van der Waals surface area contributed by atoms with E-state index in [1.807, 2.05) is 48.5 Å². The van der Waals surface area contributed by atoms with E-state index in [4.69, 9.17) is 4.74 Å². The normalized spacial score (nSPS) is 15.6. The summed E-state index contributed by atoms with van der Waals surface area (Å²) in [6.07, 6.45) is 3.50. The molecule has 1 aromatic heterocycles. The number of hydrogen-bond acceptors (Lipinski definition) is 6. The summed E-state index contributed by atoms with van der Waals surface area (Å²) in [6, 6.07) is 19.1. The summed E-state index contributed by atoms with van der Waals surface area (Å²) in [5, 5.41) is 17.1. The summed E-state index contributed by atoms with van der Waals surface area (Å²) >= 11 is 1.26. The molecule has 0 bridgehead atoms. The fourth-order valence-corrected chi connectivity index (χ4v) is 4.71. The molecule has 1 N–H and O–H groups in total. The average Bonchev–Trinajstić information content (AvgIpc) is 3.35. The van der Waals surface area contributed by atoms with Crippen molar-refractivity contribution >= 4 is 62.2 Å². The molecule has 5 rings (SSSR count). The number of nitrogens with zero attached hydrogens (tertiary/aromatic N) is 2. The maximum absolute atomic E-state index is 12.6. The predicted octanol–water partition coefficient (Wildman–Crippen LogP) is 0.449. The van der Waals surface area contributed by atoms with Crippen LogP contribution in [0.4, 0.5) is 5.69 Å². The Morgan fingerprint density at radius 2 is 1.97 bits per heavy atom. The van der Waals surface area contributed by atoms with Gasteiger partial charge in [-0.15, -0.1) is 0 Å². The molecule has 0 unspecified atom stereocenters. The number of amides is 1. The third-order valence-electron chi connectivity index (χ3n) is 5.34. The van der Waals surface area contributed by atoms with E-state index in [0.717, 1.165) is 27.2 Å². The maximum atomic E-state index is 12.6. The Morgan fingerprint density at radius 3 is 2.76 bits per heavy atom. The molecule has 4 aromatic rings. The van der Waals surface area contributed by atoms with Gasteiger partial charge in [-0.2, -0.15) is 0 Å². The van der Waals surface area contributed by atoms with Crippen LogP contribution in [0.25, 0.3) is 27.8 Å². The standard InChI is InChI=1S/C25H19N3O4S.Na/c1-32-23-17(7-6-15-4-2-3-5-19(15)23)13-21-24(31)27-25(33-21)26-18-8-9-20-16(12-18)10-11-28(20)14-22(29)30;/h2-13H,14H2,1H3,(H,29,30)(H,26,27,31);/q;+1/p-1. The van der Waals surface area contributed by atoms with Crippen LogP contribution in [0.15, 0.2) is 76.8 Å². The number of carbonyl (C=O) groups is 2. The molecule has 1 aliphatic heterocycles. The molecule has 9 heteroatoms. The molecule has 1 saturated heterocycles. The second kappa shape index (κ2) is 10.1. The van der Waals surface area contributed by atoms with Crippen molar-refractivity contribution in [2.24, 2.45) is 4.99 Å². The van der Waals surface area contributed by atoms with Crippen molar-refractivity contribution in [2.75, 3.05) is 7.11 Å². The van der Waals surface area contributed by atoms with Crippen LogP contribution in [0.2, 0.25) is 0 Å². The van der Waals surface area contributed by atoms with Gasteiger partial charge in [0.25, 0.3) is 5.91 Å².